The number of nitro groups is 1. The molecule has 1 heterocycles. The Morgan fingerprint density at radius 2 is 2.15 bits per heavy atom. The Bertz CT molecular complexity index is 620. The Morgan fingerprint density at radius 3 is 2.75 bits per heavy atom. The van der Waals surface area contributed by atoms with Crippen molar-refractivity contribution < 1.29 is 9.45 Å². The van der Waals surface area contributed by atoms with E-state index in [1.807, 2.05) is 13.8 Å². The smallest absolute Gasteiger partial charge is 0.273 e. The summed E-state index contributed by atoms with van der Waals surface area (Å²) < 4.78 is 5.06. The van der Waals surface area contributed by atoms with Crippen molar-refractivity contribution in [1.82, 2.24) is 10.5 Å². The van der Waals surface area contributed by atoms with Crippen LogP contribution in [0.4, 0.5) is 5.69 Å². The summed E-state index contributed by atoms with van der Waals surface area (Å²) in [6.45, 7) is 4.57. The molecule has 0 unspecified atom stereocenters. The molecule has 20 heavy (non-hydrogen) atoms. The second-order valence-corrected chi connectivity index (χ2v) is 4.87. The van der Waals surface area contributed by atoms with Crippen LogP contribution in [0.3, 0.4) is 0 Å². The Balaban J connectivity index is 2.08. The Kier molecular flexibility index (Phi) is 4.36. The molecule has 1 aromatic carbocycles. The van der Waals surface area contributed by atoms with Crippen LogP contribution in [0.1, 0.15) is 22.6 Å². The van der Waals surface area contributed by atoms with E-state index >= 15 is 0 Å². The van der Waals surface area contributed by atoms with Crippen LogP contribution in [-0.4, -0.2) is 10.1 Å². The first-order chi connectivity index (χ1) is 9.49. The number of hydrogen-bond donors (Lipinski definition) is 1. The van der Waals surface area contributed by atoms with E-state index in [2.05, 4.69) is 10.5 Å². The average molecular weight is 296 g/mol. The quantitative estimate of drug-likeness (QED) is 0.677. The van der Waals surface area contributed by atoms with E-state index in [4.69, 9.17) is 16.1 Å². The predicted molar refractivity (Wildman–Crippen MR) is 74.6 cm³/mol. The normalized spacial score (nSPS) is 10.8. The number of aryl methyl sites for hydroxylation is 2. The first kappa shape index (κ1) is 14.5. The third-order valence-corrected chi connectivity index (χ3v) is 3.27. The molecule has 0 spiro atoms. The van der Waals surface area contributed by atoms with Gasteiger partial charge in [0.05, 0.1) is 10.6 Å². The highest BCUT2D eigenvalue weighted by molar-refractivity contribution is 6.30. The molecule has 0 amide bonds. The lowest BCUT2D eigenvalue weighted by Crippen LogP contribution is -2.14. The van der Waals surface area contributed by atoms with E-state index in [1.54, 1.807) is 6.07 Å². The summed E-state index contributed by atoms with van der Waals surface area (Å²) >= 11 is 5.88. The molecule has 0 fully saturated rings. The minimum Gasteiger partial charge on any atom is -0.361 e. The zero-order valence-corrected chi connectivity index (χ0v) is 11.9. The maximum absolute atomic E-state index is 10.9. The molecule has 0 saturated heterocycles. The molecule has 7 heteroatoms. The van der Waals surface area contributed by atoms with Crippen molar-refractivity contribution in [2.24, 2.45) is 0 Å². The lowest BCUT2D eigenvalue weighted by atomic mass is 10.1. The van der Waals surface area contributed by atoms with E-state index in [9.17, 15) is 10.1 Å². The Labute approximate surface area is 120 Å². The Morgan fingerprint density at radius 1 is 1.40 bits per heavy atom. The molecule has 6 nitrogen and oxygen atoms in total. The van der Waals surface area contributed by atoms with Gasteiger partial charge in [-0.3, -0.25) is 10.1 Å². The third kappa shape index (κ3) is 3.15. The lowest BCUT2D eigenvalue weighted by Gasteiger charge is -2.06. The van der Waals surface area contributed by atoms with E-state index in [1.165, 1.54) is 12.1 Å². The largest absolute Gasteiger partial charge is 0.361 e. The number of aromatic nitrogens is 1. The SMILES string of the molecule is Cc1noc(C)c1CNCc1cc(Cl)ccc1[N+](=O)[O-]. The van der Waals surface area contributed by atoms with Gasteiger partial charge < -0.3 is 9.84 Å². The number of nitro benzene ring substituents is 1. The van der Waals surface area contributed by atoms with Crippen LogP contribution in [0.2, 0.25) is 5.02 Å². The van der Waals surface area contributed by atoms with Crippen LogP contribution in [0, 0.1) is 24.0 Å². The van der Waals surface area contributed by atoms with Crippen LogP contribution < -0.4 is 5.32 Å². The number of halogens is 1. The van der Waals surface area contributed by atoms with Gasteiger partial charge in [-0.1, -0.05) is 16.8 Å². The fourth-order valence-electron chi connectivity index (χ4n) is 1.95. The monoisotopic (exact) mass is 295 g/mol. The number of hydrogen-bond acceptors (Lipinski definition) is 5. The van der Waals surface area contributed by atoms with Crippen molar-refractivity contribution in [3.8, 4) is 0 Å². The van der Waals surface area contributed by atoms with Crippen molar-refractivity contribution in [2.45, 2.75) is 26.9 Å². The maximum atomic E-state index is 10.9. The van der Waals surface area contributed by atoms with Crippen molar-refractivity contribution in [3.63, 3.8) is 0 Å². The first-order valence-electron chi connectivity index (χ1n) is 6.04. The molecule has 0 bridgehead atoms. The number of nitrogens with one attached hydrogen (secondary N) is 1. The highest BCUT2D eigenvalue weighted by Crippen LogP contribution is 2.22. The van der Waals surface area contributed by atoms with Gasteiger partial charge in [-0.25, -0.2) is 0 Å². The van der Waals surface area contributed by atoms with Gasteiger partial charge in [0.25, 0.3) is 5.69 Å². The fraction of sp³-hybridized carbons (Fsp3) is 0.308. The van der Waals surface area contributed by atoms with Gasteiger partial charge in [-0.2, -0.15) is 0 Å². The maximum Gasteiger partial charge on any atom is 0.273 e. The minimum atomic E-state index is -0.413. The van der Waals surface area contributed by atoms with Crippen LogP contribution in [0.15, 0.2) is 22.7 Å². The van der Waals surface area contributed by atoms with Gasteiger partial charge in [0, 0.05) is 35.3 Å². The average Bonchev–Trinajstić information content (AvgIpc) is 2.70. The Hall–Kier alpha value is -1.92. The lowest BCUT2D eigenvalue weighted by molar-refractivity contribution is -0.385. The van der Waals surface area contributed by atoms with E-state index in [0.717, 1.165) is 17.0 Å². The highest BCUT2D eigenvalue weighted by atomic mass is 35.5. The molecule has 0 atom stereocenters. The zero-order valence-electron chi connectivity index (χ0n) is 11.1. The summed E-state index contributed by atoms with van der Waals surface area (Å²) in [7, 11) is 0. The molecule has 1 aromatic heterocycles. The standard InChI is InChI=1S/C13H14ClN3O3/c1-8-12(9(2)20-16-8)7-15-6-10-5-11(14)3-4-13(10)17(18)19/h3-5,15H,6-7H2,1-2H3. The zero-order chi connectivity index (χ0) is 14.7. The van der Waals surface area contributed by atoms with Crippen molar-refractivity contribution in [1.29, 1.82) is 0 Å². The molecule has 0 radical (unpaired) electrons. The van der Waals surface area contributed by atoms with Gasteiger partial charge in [0.2, 0.25) is 0 Å². The van der Waals surface area contributed by atoms with Crippen LogP contribution in [0.25, 0.3) is 0 Å². The summed E-state index contributed by atoms with van der Waals surface area (Å²) in [6, 6.07) is 4.52. The third-order valence-electron chi connectivity index (χ3n) is 3.04. The minimum absolute atomic E-state index is 0.0562. The number of rotatable bonds is 5. The first-order valence-corrected chi connectivity index (χ1v) is 6.42. The fourth-order valence-corrected chi connectivity index (χ4v) is 2.14. The van der Waals surface area contributed by atoms with Gasteiger partial charge >= 0.3 is 0 Å². The summed E-state index contributed by atoms with van der Waals surface area (Å²) in [4.78, 5) is 10.5. The molecular weight excluding hydrogens is 282 g/mol. The number of nitrogens with zero attached hydrogens (tertiary/aromatic N) is 2. The van der Waals surface area contributed by atoms with Crippen LogP contribution in [0.5, 0.6) is 0 Å². The van der Waals surface area contributed by atoms with Gasteiger partial charge in [0.1, 0.15) is 5.76 Å². The topological polar surface area (TPSA) is 81.2 Å². The van der Waals surface area contributed by atoms with Crippen LogP contribution in [-0.2, 0) is 13.1 Å². The van der Waals surface area contributed by atoms with Gasteiger partial charge in [0.15, 0.2) is 0 Å². The highest BCUT2D eigenvalue weighted by Gasteiger charge is 2.14. The van der Waals surface area contributed by atoms with Crippen molar-refractivity contribution in [2.75, 3.05) is 0 Å². The van der Waals surface area contributed by atoms with Crippen molar-refractivity contribution >= 4 is 17.3 Å². The summed E-state index contributed by atoms with van der Waals surface area (Å²) in [6.07, 6.45) is 0. The molecule has 0 saturated carbocycles. The second kappa shape index (κ2) is 6.02. The molecule has 1 N–H and O–H groups in total. The molecule has 2 rings (SSSR count). The molecule has 0 aliphatic carbocycles. The van der Waals surface area contributed by atoms with E-state index in [-0.39, 0.29) is 5.69 Å². The van der Waals surface area contributed by atoms with Gasteiger partial charge in [-0.15, -0.1) is 0 Å². The molecule has 106 valence electrons. The van der Waals surface area contributed by atoms with E-state index in [0.29, 0.717) is 23.7 Å². The predicted octanol–water partition coefficient (Wildman–Crippen LogP) is 3.14. The molecule has 0 aliphatic rings. The molecule has 0 aliphatic heterocycles. The number of benzene rings is 1. The summed E-state index contributed by atoms with van der Waals surface area (Å²) in [5.41, 5.74) is 2.39. The van der Waals surface area contributed by atoms with Gasteiger partial charge in [-0.05, 0) is 26.0 Å². The van der Waals surface area contributed by atoms with Crippen LogP contribution >= 0.6 is 11.6 Å². The summed E-state index contributed by atoms with van der Waals surface area (Å²) in [5, 5.41) is 18.4. The van der Waals surface area contributed by atoms with Crippen molar-refractivity contribution in [3.05, 3.63) is 55.9 Å². The van der Waals surface area contributed by atoms with E-state index < -0.39 is 4.92 Å². The molecule has 2 aromatic rings. The second-order valence-electron chi connectivity index (χ2n) is 4.44. The molecular formula is C13H14ClN3O3. The summed E-state index contributed by atoms with van der Waals surface area (Å²) in [5.74, 6) is 0.746.